The lowest BCUT2D eigenvalue weighted by Gasteiger charge is -2.21. The molecular formula is C13H17NO2. The molecule has 0 bridgehead atoms. The molecule has 0 spiro atoms. The number of aryl methyl sites for hydroxylation is 1. The molecule has 3 heteroatoms. The maximum absolute atomic E-state index is 5.43. The SMILES string of the molecule is CN1CCCc2cc3c(cc2CC1)OCO3. The first-order valence-electron chi connectivity index (χ1n) is 5.93. The van der Waals surface area contributed by atoms with Gasteiger partial charge in [0.25, 0.3) is 0 Å². The first kappa shape index (κ1) is 9.97. The van der Waals surface area contributed by atoms with Gasteiger partial charge in [0, 0.05) is 6.54 Å². The highest BCUT2D eigenvalue weighted by Gasteiger charge is 2.18. The molecule has 0 N–H and O–H groups in total. The van der Waals surface area contributed by atoms with Gasteiger partial charge < -0.3 is 14.4 Å². The normalized spacial score (nSPS) is 20.1. The summed E-state index contributed by atoms with van der Waals surface area (Å²) in [5.74, 6) is 1.84. The molecule has 0 aromatic heterocycles. The average Bonchev–Trinajstić information content (AvgIpc) is 2.70. The number of hydrogen-bond donors (Lipinski definition) is 0. The molecule has 1 aromatic carbocycles. The Labute approximate surface area is 96.0 Å². The van der Waals surface area contributed by atoms with Crippen LogP contribution in [0.15, 0.2) is 12.1 Å². The minimum Gasteiger partial charge on any atom is -0.454 e. The second-order valence-corrected chi connectivity index (χ2v) is 4.63. The minimum absolute atomic E-state index is 0.373. The number of likely N-dealkylation sites (N-methyl/N-ethyl adjacent to an activating group) is 1. The van der Waals surface area contributed by atoms with Crippen LogP contribution in [0.4, 0.5) is 0 Å². The fourth-order valence-corrected chi connectivity index (χ4v) is 2.45. The van der Waals surface area contributed by atoms with Crippen molar-refractivity contribution in [1.82, 2.24) is 4.90 Å². The summed E-state index contributed by atoms with van der Waals surface area (Å²) in [5.41, 5.74) is 2.87. The van der Waals surface area contributed by atoms with Gasteiger partial charge >= 0.3 is 0 Å². The van der Waals surface area contributed by atoms with Crippen molar-refractivity contribution < 1.29 is 9.47 Å². The highest BCUT2D eigenvalue weighted by atomic mass is 16.7. The van der Waals surface area contributed by atoms with E-state index in [9.17, 15) is 0 Å². The molecule has 0 atom stereocenters. The quantitative estimate of drug-likeness (QED) is 0.664. The van der Waals surface area contributed by atoms with Crippen molar-refractivity contribution in [2.45, 2.75) is 19.3 Å². The van der Waals surface area contributed by atoms with Gasteiger partial charge in [-0.3, -0.25) is 0 Å². The molecule has 2 aliphatic rings. The molecule has 0 amide bonds. The third-order valence-electron chi connectivity index (χ3n) is 3.44. The van der Waals surface area contributed by atoms with Crippen LogP contribution in [0.25, 0.3) is 0 Å². The Hall–Kier alpha value is -1.22. The van der Waals surface area contributed by atoms with Gasteiger partial charge in [0.05, 0.1) is 0 Å². The van der Waals surface area contributed by atoms with Crippen molar-refractivity contribution in [1.29, 1.82) is 0 Å². The van der Waals surface area contributed by atoms with E-state index >= 15 is 0 Å². The lowest BCUT2D eigenvalue weighted by molar-refractivity contribution is 0.174. The average molecular weight is 219 g/mol. The molecule has 0 saturated carbocycles. The van der Waals surface area contributed by atoms with Crippen molar-refractivity contribution in [2.24, 2.45) is 0 Å². The Morgan fingerprint density at radius 3 is 2.44 bits per heavy atom. The summed E-state index contributed by atoms with van der Waals surface area (Å²) in [4.78, 5) is 2.40. The topological polar surface area (TPSA) is 21.7 Å². The molecule has 0 fully saturated rings. The zero-order valence-electron chi connectivity index (χ0n) is 9.66. The molecule has 0 unspecified atom stereocenters. The molecule has 1 aromatic rings. The zero-order chi connectivity index (χ0) is 11.0. The smallest absolute Gasteiger partial charge is 0.231 e. The van der Waals surface area contributed by atoms with Gasteiger partial charge in [-0.1, -0.05) is 0 Å². The van der Waals surface area contributed by atoms with Gasteiger partial charge in [-0.2, -0.15) is 0 Å². The fourth-order valence-electron chi connectivity index (χ4n) is 2.45. The van der Waals surface area contributed by atoms with Crippen LogP contribution in [0.3, 0.4) is 0 Å². The zero-order valence-corrected chi connectivity index (χ0v) is 9.66. The van der Waals surface area contributed by atoms with E-state index in [-0.39, 0.29) is 0 Å². The van der Waals surface area contributed by atoms with Crippen LogP contribution in [-0.4, -0.2) is 31.8 Å². The van der Waals surface area contributed by atoms with Crippen LogP contribution >= 0.6 is 0 Å². The minimum atomic E-state index is 0.373. The highest BCUT2D eigenvalue weighted by molar-refractivity contribution is 5.49. The number of nitrogens with zero attached hydrogens (tertiary/aromatic N) is 1. The summed E-state index contributed by atoms with van der Waals surface area (Å²) in [7, 11) is 2.19. The van der Waals surface area contributed by atoms with E-state index in [1.807, 2.05) is 0 Å². The number of hydrogen-bond acceptors (Lipinski definition) is 3. The van der Waals surface area contributed by atoms with E-state index in [0.717, 1.165) is 30.9 Å². The van der Waals surface area contributed by atoms with Crippen molar-refractivity contribution in [3.8, 4) is 11.5 Å². The molecule has 0 saturated heterocycles. The first-order valence-corrected chi connectivity index (χ1v) is 5.93. The second kappa shape index (κ2) is 3.98. The standard InChI is InChI=1S/C13H17NO2/c1-14-5-2-3-10-7-12-13(16-9-15-12)8-11(10)4-6-14/h7-8H,2-6,9H2,1H3. The number of rotatable bonds is 0. The van der Waals surface area contributed by atoms with E-state index in [2.05, 4.69) is 24.1 Å². The lowest BCUT2D eigenvalue weighted by atomic mass is 9.97. The summed E-state index contributed by atoms with van der Waals surface area (Å²) >= 11 is 0. The highest BCUT2D eigenvalue weighted by Crippen LogP contribution is 2.35. The Balaban J connectivity index is 1.94. The predicted molar refractivity (Wildman–Crippen MR) is 62.1 cm³/mol. The van der Waals surface area contributed by atoms with Crippen molar-refractivity contribution in [2.75, 3.05) is 26.9 Å². The predicted octanol–water partition coefficient (Wildman–Crippen LogP) is 1.84. The van der Waals surface area contributed by atoms with Crippen LogP contribution in [0, 0.1) is 0 Å². The Morgan fingerprint density at radius 1 is 1.00 bits per heavy atom. The van der Waals surface area contributed by atoms with Gasteiger partial charge in [-0.15, -0.1) is 0 Å². The fraction of sp³-hybridized carbons (Fsp3) is 0.538. The maximum Gasteiger partial charge on any atom is 0.231 e. The number of benzene rings is 1. The Kier molecular flexibility index (Phi) is 2.48. The van der Waals surface area contributed by atoms with E-state index < -0.39 is 0 Å². The summed E-state index contributed by atoms with van der Waals surface area (Å²) < 4.78 is 10.9. The van der Waals surface area contributed by atoms with E-state index in [1.54, 1.807) is 0 Å². The molecule has 0 aliphatic carbocycles. The van der Waals surface area contributed by atoms with Crippen LogP contribution in [-0.2, 0) is 12.8 Å². The van der Waals surface area contributed by atoms with E-state index in [0.29, 0.717) is 6.79 Å². The van der Waals surface area contributed by atoms with Gasteiger partial charge in [0.15, 0.2) is 11.5 Å². The van der Waals surface area contributed by atoms with Gasteiger partial charge in [-0.25, -0.2) is 0 Å². The van der Waals surface area contributed by atoms with Crippen molar-refractivity contribution in [3.63, 3.8) is 0 Å². The molecule has 2 heterocycles. The molecular weight excluding hydrogens is 202 g/mol. The van der Waals surface area contributed by atoms with E-state index in [1.165, 1.54) is 24.1 Å². The third kappa shape index (κ3) is 1.76. The molecule has 86 valence electrons. The largest absolute Gasteiger partial charge is 0.454 e. The molecule has 2 aliphatic heterocycles. The van der Waals surface area contributed by atoms with Crippen molar-refractivity contribution >= 4 is 0 Å². The van der Waals surface area contributed by atoms with Crippen LogP contribution < -0.4 is 9.47 Å². The van der Waals surface area contributed by atoms with Gasteiger partial charge in [-0.05, 0) is 56.1 Å². The van der Waals surface area contributed by atoms with Gasteiger partial charge in [0.1, 0.15) is 0 Å². The van der Waals surface area contributed by atoms with Crippen LogP contribution in [0.1, 0.15) is 17.5 Å². The Morgan fingerprint density at radius 2 is 1.69 bits per heavy atom. The molecule has 3 rings (SSSR count). The number of fused-ring (bicyclic) bond motifs is 2. The summed E-state index contributed by atoms with van der Waals surface area (Å²) in [6.45, 7) is 2.69. The number of ether oxygens (including phenoxy) is 2. The van der Waals surface area contributed by atoms with Crippen molar-refractivity contribution in [3.05, 3.63) is 23.3 Å². The molecule has 0 radical (unpaired) electrons. The second-order valence-electron chi connectivity index (χ2n) is 4.63. The van der Waals surface area contributed by atoms with Gasteiger partial charge in [0.2, 0.25) is 6.79 Å². The first-order chi connectivity index (χ1) is 7.83. The van der Waals surface area contributed by atoms with Crippen LogP contribution in [0.2, 0.25) is 0 Å². The summed E-state index contributed by atoms with van der Waals surface area (Å²) in [5, 5.41) is 0. The summed E-state index contributed by atoms with van der Waals surface area (Å²) in [6, 6.07) is 4.33. The maximum atomic E-state index is 5.43. The monoisotopic (exact) mass is 219 g/mol. The summed E-state index contributed by atoms with van der Waals surface area (Å²) in [6.07, 6.45) is 3.49. The lowest BCUT2D eigenvalue weighted by Crippen LogP contribution is -2.25. The van der Waals surface area contributed by atoms with E-state index in [4.69, 9.17) is 9.47 Å². The molecule has 16 heavy (non-hydrogen) atoms. The molecule has 3 nitrogen and oxygen atoms in total. The third-order valence-corrected chi connectivity index (χ3v) is 3.44. The Bertz CT molecular complexity index is 403. The van der Waals surface area contributed by atoms with Crippen LogP contribution in [0.5, 0.6) is 11.5 Å².